The number of nitrogens with two attached hydrogens (primary N) is 1. The van der Waals surface area contributed by atoms with Crippen LogP contribution < -0.4 is 15.4 Å². The molecule has 0 fully saturated rings. The largest absolute Gasteiger partial charge is 0.397 e. The first-order chi connectivity index (χ1) is 12.0. The van der Waals surface area contributed by atoms with Crippen molar-refractivity contribution in [1.82, 2.24) is 0 Å². The lowest BCUT2D eigenvalue weighted by Crippen LogP contribution is -2.15. The molecule has 0 amide bonds. The molecule has 0 bridgehead atoms. The first-order valence-electron chi connectivity index (χ1n) is 7.29. The Kier molecular flexibility index (Phi) is 6.01. The summed E-state index contributed by atoms with van der Waals surface area (Å²) >= 11 is 0. The van der Waals surface area contributed by atoms with E-state index in [-0.39, 0.29) is 28.7 Å². The summed E-state index contributed by atoms with van der Waals surface area (Å²) in [5.41, 5.74) is 7.04. The molecule has 2 aromatic rings. The van der Waals surface area contributed by atoms with E-state index in [1.54, 1.807) is 41.9 Å². The lowest BCUT2D eigenvalue weighted by Gasteiger charge is -2.18. The van der Waals surface area contributed by atoms with Crippen molar-refractivity contribution in [3.63, 3.8) is 0 Å². The van der Waals surface area contributed by atoms with Crippen molar-refractivity contribution >= 4 is 45.7 Å². The van der Waals surface area contributed by atoms with E-state index in [2.05, 4.69) is 9.71 Å². The summed E-state index contributed by atoms with van der Waals surface area (Å²) in [6.07, 6.45) is 8.39. The van der Waals surface area contributed by atoms with Crippen LogP contribution in [0.15, 0.2) is 77.0 Å². The molecule has 0 atom stereocenters. The topological polar surface area (TPSA) is 87.8 Å². The highest BCUT2D eigenvalue weighted by molar-refractivity contribution is 7.92. The minimum absolute atomic E-state index is 0. The molecule has 0 saturated carbocycles. The van der Waals surface area contributed by atoms with Crippen molar-refractivity contribution < 1.29 is 12.8 Å². The standard InChI is InChI=1S/C17H15FN4O2S.ClH/c18-13-3-1-4-14(11-13)21-25(23,24)15-5-6-17(16(19)12-15)22-9-2-7-20-8-10-22;/h1-12,21H,19H2;1H. The summed E-state index contributed by atoms with van der Waals surface area (Å²) in [6, 6.07) is 9.59. The molecule has 2 aromatic carbocycles. The molecule has 1 aliphatic rings. The van der Waals surface area contributed by atoms with Gasteiger partial charge in [-0.3, -0.25) is 9.71 Å². The van der Waals surface area contributed by atoms with Crippen LogP contribution >= 0.6 is 12.4 Å². The summed E-state index contributed by atoms with van der Waals surface area (Å²) < 4.78 is 40.5. The van der Waals surface area contributed by atoms with Crippen LogP contribution in [-0.2, 0) is 10.0 Å². The number of halogens is 2. The highest BCUT2D eigenvalue weighted by Crippen LogP contribution is 2.28. The third-order valence-corrected chi connectivity index (χ3v) is 4.78. The van der Waals surface area contributed by atoms with Crippen LogP contribution in [0.1, 0.15) is 0 Å². The van der Waals surface area contributed by atoms with Crippen LogP contribution in [0.25, 0.3) is 0 Å². The number of nitrogen functional groups attached to an aromatic ring is 1. The second-order valence-corrected chi connectivity index (χ2v) is 6.86. The molecule has 0 radical (unpaired) electrons. The molecule has 3 rings (SSSR count). The van der Waals surface area contributed by atoms with Crippen LogP contribution in [0, 0.1) is 5.82 Å². The van der Waals surface area contributed by atoms with E-state index >= 15 is 0 Å². The molecule has 0 aromatic heterocycles. The Balaban J connectivity index is 0.00000243. The summed E-state index contributed by atoms with van der Waals surface area (Å²) in [6.45, 7) is 0. The smallest absolute Gasteiger partial charge is 0.261 e. The number of sulfonamides is 1. The van der Waals surface area contributed by atoms with Crippen molar-refractivity contribution in [2.75, 3.05) is 15.4 Å². The molecule has 1 aliphatic heterocycles. The van der Waals surface area contributed by atoms with E-state index in [1.807, 2.05) is 0 Å². The number of anilines is 3. The number of nitrogens with zero attached hydrogens (tertiary/aromatic N) is 2. The zero-order valence-electron chi connectivity index (χ0n) is 13.4. The molecule has 136 valence electrons. The number of hydrogen-bond donors (Lipinski definition) is 2. The van der Waals surface area contributed by atoms with Crippen LogP contribution in [0.5, 0.6) is 0 Å². The van der Waals surface area contributed by atoms with Gasteiger partial charge in [-0.2, -0.15) is 0 Å². The fourth-order valence-corrected chi connectivity index (χ4v) is 3.34. The molecule has 0 unspecified atom stereocenters. The van der Waals surface area contributed by atoms with Gasteiger partial charge < -0.3 is 10.6 Å². The van der Waals surface area contributed by atoms with Gasteiger partial charge in [0.1, 0.15) is 5.82 Å². The van der Waals surface area contributed by atoms with Crippen LogP contribution in [0.2, 0.25) is 0 Å². The second-order valence-electron chi connectivity index (χ2n) is 5.18. The predicted octanol–water partition coefficient (Wildman–Crippen LogP) is 3.51. The Morgan fingerprint density at radius 3 is 2.65 bits per heavy atom. The fraction of sp³-hybridized carbons (Fsp3) is 0. The minimum atomic E-state index is -3.88. The quantitative estimate of drug-likeness (QED) is 0.777. The van der Waals surface area contributed by atoms with Gasteiger partial charge >= 0.3 is 0 Å². The number of rotatable bonds is 4. The monoisotopic (exact) mass is 394 g/mol. The Morgan fingerprint density at radius 1 is 1.12 bits per heavy atom. The van der Waals surface area contributed by atoms with Crippen molar-refractivity contribution in [3.8, 4) is 0 Å². The fourth-order valence-electron chi connectivity index (χ4n) is 2.25. The summed E-state index contributed by atoms with van der Waals surface area (Å²) in [7, 11) is -3.88. The number of allylic oxidation sites excluding steroid dienone is 1. The van der Waals surface area contributed by atoms with Crippen LogP contribution in [0.3, 0.4) is 0 Å². The van der Waals surface area contributed by atoms with Crippen LogP contribution in [0.4, 0.5) is 21.5 Å². The van der Waals surface area contributed by atoms with E-state index in [0.29, 0.717) is 5.69 Å². The van der Waals surface area contributed by atoms with Crippen molar-refractivity contribution in [3.05, 3.63) is 73.0 Å². The third kappa shape index (κ3) is 4.41. The molecule has 3 N–H and O–H groups in total. The molecular formula is C17H16ClFN4O2S. The molecule has 0 saturated heterocycles. The van der Waals surface area contributed by atoms with E-state index in [9.17, 15) is 12.8 Å². The molecule has 0 spiro atoms. The normalized spacial score (nSPS) is 13.2. The highest BCUT2D eigenvalue weighted by atomic mass is 35.5. The van der Waals surface area contributed by atoms with Crippen molar-refractivity contribution in [1.29, 1.82) is 0 Å². The Labute approximate surface area is 157 Å². The van der Waals surface area contributed by atoms with Gasteiger partial charge in [-0.05, 0) is 42.5 Å². The molecular weight excluding hydrogens is 379 g/mol. The van der Waals surface area contributed by atoms with E-state index in [1.165, 1.54) is 30.3 Å². The highest BCUT2D eigenvalue weighted by Gasteiger charge is 2.17. The van der Waals surface area contributed by atoms with Gasteiger partial charge in [0.2, 0.25) is 0 Å². The predicted molar refractivity (Wildman–Crippen MR) is 105 cm³/mol. The number of nitrogens with one attached hydrogen (secondary N) is 1. The third-order valence-electron chi connectivity index (χ3n) is 3.40. The average molecular weight is 395 g/mol. The minimum Gasteiger partial charge on any atom is -0.397 e. The molecule has 0 aliphatic carbocycles. The number of aliphatic imine (C=N–C) groups is 1. The Hall–Kier alpha value is -2.84. The van der Waals surface area contributed by atoms with E-state index in [4.69, 9.17) is 5.73 Å². The average Bonchev–Trinajstić information content (AvgIpc) is 2.83. The molecule has 6 nitrogen and oxygen atoms in total. The maximum absolute atomic E-state index is 13.2. The summed E-state index contributed by atoms with van der Waals surface area (Å²) in [5, 5.41) is 0. The van der Waals surface area contributed by atoms with Gasteiger partial charge in [0.05, 0.1) is 22.0 Å². The van der Waals surface area contributed by atoms with Gasteiger partial charge in [-0.25, -0.2) is 12.8 Å². The summed E-state index contributed by atoms with van der Waals surface area (Å²) in [4.78, 5) is 5.68. The van der Waals surface area contributed by atoms with Gasteiger partial charge in [0, 0.05) is 24.8 Å². The first-order valence-corrected chi connectivity index (χ1v) is 8.77. The van der Waals surface area contributed by atoms with Crippen LogP contribution in [-0.4, -0.2) is 14.6 Å². The first kappa shape index (κ1) is 19.5. The lowest BCUT2D eigenvalue weighted by atomic mass is 10.2. The van der Waals surface area contributed by atoms with Gasteiger partial charge in [0.25, 0.3) is 10.0 Å². The summed E-state index contributed by atoms with van der Waals surface area (Å²) in [5.74, 6) is -0.531. The molecule has 1 heterocycles. The van der Waals surface area contributed by atoms with Crippen molar-refractivity contribution in [2.45, 2.75) is 4.90 Å². The molecule has 9 heteroatoms. The maximum atomic E-state index is 13.2. The SMILES string of the molecule is Cl.Nc1cc(S(=O)(=O)Nc2cccc(F)c2)ccc1N1C=CC=NC=C1. The van der Waals surface area contributed by atoms with Gasteiger partial charge in [0.15, 0.2) is 0 Å². The van der Waals surface area contributed by atoms with Gasteiger partial charge in [-0.1, -0.05) is 6.07 Å². The Morgan fingerprint density at radius 2 is 1.92 bits per heavy atom. The number of hydrogen-bond acceptors (Lipinski definition) is 5. The van der Waals surface area contributed by atoms with Gasteiger partial charge in [-0.15, -0.1) is 12.4 Å². The zero-order valence-corrected chi connectivity index (χ0v) is 15.0. The zero-order chi connectivity index (χ0) is 17.9. The Bertz CT molecular complexity index is 974. The van der Waals surface area contributed by atoms with E-state index in [0.717, 1.165) is 6.07 Å². The number of benzene rings is 2. The maximum Gasteiger partial charge on any atom is 0.261 e. The molecule has 26 heavy (non-hydrogen) atoms. The second kappa shape index (κ2) is 8.03. The van der Waals surface area contributed by atoms with E-state index < -0.39 is 15.8 Å². The lowest BCUT2D eigenvalue weighted by molar-refractivity contribution is 0.601. The van der Waals surface area contributed by atoms with Crippen molar-refractivity contribution in [2.24, 2.45) is 4.99 Å².